The van der Waals surface area contributed by atoms with Crippen molar-refractivity contribution in [3.63, 3.8) is 0 Å². The summed E-state index contributed by atoms with van der Waals surface area (Å²) in [5.74, 6) is -4.13. The number of carboxylic acid groups (broad SMARTS) is 2. The molecule has 4 atom stereocenters. The van der Waals surface area contributed by atoms with E-state index in [0.29, 0.717) is 6.42 Å². The molecule has 0 bridgehead atoms. The lowest BCUT2D eigenvalue weighted by atomic mass is 9.97. The van der Waals surface area contributed by atoms with Crippen LogP contribution >= 0.6 is 0 Å². The molecule has 9 nitrogen and oxygen atoms in total. The molecule has 6 N–H and O–H groups in total. The van der Waals surface area contributed by atoms with Crippen molar-refractivity contribution in [2.45, 2.75) is 51.7 Å². The highest BCUT2D eigenvalue weighted by Gasteiger charge is 2.30. The molecule has 9 heteroatoms. The van der Waals surface area contributed by atoms with Crippen LogP contribution in [0.2, 0.25) is 0 Å². The summed E-state index contributed by atoms with van der Waals surface area (Å²) in [4.78, 5) is 45.2. The van der Waals surface area contributed by atoms with Gasteiger partial charge in [0.2, 0.25) is 11.8 Å². The highest BCUT2D eigenvalue weighted by Crippen LogP contribution is 2.09. The quantitative estimate of drug-likeness (QED) is 0.361. The summed E-state index contributed by atoms with van der Waals surface area (Å²) in [7, 11) is 0. The molecular weight excluding hydrogens is 294 g/mol. The molecule has 0 aromatic carbocycles. The molecule has 0 saturated carbocycles. The van der Waals surface area contributed by atoms with E-state index in [9.17, 15) is 19.2 Å². The molecule has 0 aliphatic carbocycles. The van der Waals surface area contributed by atoms with Crippen LogP contribution in [0.1, 0.15) is 33.6 Å². The number of rotatable bonds is 9. The third-order valence-electron chi connectivity index (χ3n) is 3.25. The van der Waals surface area contributed by atoms with E-state index in [1.807, 2.05) is 0 Å². The number of nitrogens with two attached hydrogens (primary N) is 1. The van der Waals surface area contributed by atoms with Gasteiger partial charge in [-0.3, -0.25) is 19.2 Å². The van der Waals surface area contributed by atoms with Crippen molar-refractivity contribution in [3.05, 3.63) is 0 Å². The minimum atomic E-state index is -1.28. The molecule has 126 valence electrons. The van der Waals surface area contributed by atoms with Crippen LogP contribution in [0.3, 0.4) is 0 Å². The molecule has 0 aromatic heterocycles. The number of amides is 2. The third kappa shape index (κ3) is 6.53. The fourth-order valence-corrected chi connectivity index (χ4v) is 1.61. The van der Waals surface area contributed by atoms with Crippen LogP contribution < -0.4 is 16.4 Å². The lowest BCUT2D eigenvalue weighted by Crippen LogP contribution is -2.56. The van der Waals surface area contributed by atoms with Crippen molar-refractivity contribution < 1.29 is 29.4 Å². The Morgan fingerprint density at radius 1 is 1.05 bits per heavy atom. The summed E-state index contributed by atoms with van der Waals surface area (Å²) < 4.78 is 0. The molecule has 0 saturated heterocycles. The monoisotopic (exact) mass is 317 g/mol. The number of hydrogen-bond acceptors (Lipinski definition) is 5. The molecule has 4 unspecified atom stereocenters. The Balaban J connectivity index is 4.91. The van der Waals surface area contributed by atoms with Crippen molar-refractivity contribution >= 4 is 23.8 Å². The smallest absolute Gasteiger partial charge is 0.325 e. The highest BCUT2D eigenvalue weighted by atomic mass is 16.4. The number of aliphatic carboxylic acids is 2. The number of carbonyl (C=O) groups is 4. The molecule has 0 heterocycles. The second-order valence-corrected chi connectivity index (χ2v) is 5.14. The predicted molar refractivity (Wildman–Crippen MR) is 76.9 cm³/mol. The van der Waals surface area contributed by atoms with Crippen molar-refractivity contribution in [2.24, 2.45) is 11.7 Å². The number of hydrogen-bond donors (Lipinski definition) is 5. The zero-order chi connectivity index (χ0) is 17.4. The number of nitrogens with one attached hydrogen (secondary N) is 2. The maximum atomic E-state index is 12.1. The lowest BCUT2D eigenvalue weighted by Gasteiger charge is -2.25. The molecule has 2 amide bonds. The van der Waals surface area contributed by atoms with Crippen LogP contribution in [0.4, 0.5) is 0 Å². The normalized spacial score (nSPS) is 16.0. The fourth-order valence-electron chi connectivity index (χ4n) is 1.61. The largest absolute Gasteiger partial charge is 0.481 e. The topological polar surface area (TPSA) is 159 Å². The van der Waals surface area contributed by atoms with E-state index in [4.69, 9.17) is 15.9 Å². The summed E-state index contributed by atoms with van der Waals surface area (Å²) in [6, 6.07) is -3.38. The van der Waals surface area contributed by atoms with Gasteiger partial charge in [-0.1, -0.05) is 20.3 Å². The molecule has 0 radical (unpaired) electrons. The van der Waals surface area contributed by atoms with Gasteiger partial charge in [0.15, 0.2) is 0 Å². The Hall–Kier alpha value is -2.16. The first kappa shape index (κ1) is 19.8. The van der Waals surface area contributed by atoms with E-state index in [0.717, 1.165) is 0 Å². The van der Waals surface area contributed by atoms with E-state index in [2.05, 4.69) is 10.6 Å². The van der Waals surface area contributed by atoms with Gasteiger partial charge in [-0.2, -0.15) is 0 Å². The third-order valence-corrected chi connectivity index (χ3v) is 3.25. The fraction of sp³-hybridized carbons (Fsp3) is 0.692. The van der Waals surface area contributed by atoms with Crippen molar-refractivity contribution in [1.82, 2.24) is 10.6 Å². The predicted octanol–water partition coefficient (Wildman–Crippen LogP) is -1.09. The van der Waals surface area contributed by atoms with Crippen LogP contribution in [0, 0.1) is 5.92 Å². The van der Waals surface area contributed by atoms with E-state index >= 15 is 0 Å². The van der Waals surface area contributed by atoms with Gasteiger partial charge in [0.25, 0.3) is 0 Å². The van der Waals surface area contributed by atoms with Crippen molar-refractivity contribution in [3.8, 4) is 0 Å². The summed E-state index contributed by atoms with van der Waals surface area (Å²) in [6.07, 6.45) is -0.0137. The van der Waals surface area contributed by atoms with Gasteiger partial charge in [-0.25, -0.2) is 0 Å². The second-order valence-electron chi connectivity index (χ2n) is 5.14. The van der Waals surface area contributed by atoms with Gasteiger partial charge in [-0.05, 0) is 12.8 Å². The Morgan fingerprint density at radius 3 is 2.00 bits per heavy atom. The van der Waals surface area contributed by atoms with Crippen LogP contribution in [-0.2, 0) is 19.2 Å². The van der Waals surface area contributed by atoms with Gasteiger partial charge in [-0.15, -0.1) is 0 Å². The average Bonchev–Trinajstić information content (AvgIpc) is 2.42. The first-order valence-electron chi connectivity index (χ1n) is 6.91. The Morgan fingerprint density at radius 2 is 1.59 bits per heavy atom. The van der Waals surface area contributed by atoms with Crippen LogP contribution in [0.25, 0.3) is 0 Å². The first-order valence-corrected chi connectivity index (χ1v) is 6.91. The van der Waals surface area contributed by atoms with Gasteiger partial charge < -0.3 is 26.6 Å². The zero-order valence-corrected chi connectivity index (χ0v) is 12.8. The molecule has 0 aliphatic rings. The highest BCUT2D eigenvalue weighted by molar-refractivity contribution is 5.93. The first-order chi connectivity index (χ1) is 10.1. The van der Waals surface area contributed by atoms with Gasteiger partial charge in [0.1, 0.15) is 12.1 Å². The van der Waals surface area contributed by atoms with Crippen LogP contribution in [0.15, 0.2) is 0 Å². The van der Waals surface area contributed by atoms with E-state index in [-0.39, 0.29) is 5.92 Å². The minimum Gasteiger partial charge on any atom is -0.481 e. The Kier molecular flexibility index (Phi) is 8.10. The summed E-state index contributed by atoms with van der Waals surface area (Å²) >= 11 is 0. The second kappa shape index (κ2) is 8.98. The average molecular weight is 317 g/mol. The summed E-state index contributed by atoms with van der Waals surface area (Å²) in [5.41, 5.74) is 5.44. The summed E-state index contributed by atoms with van der Waals surface area (Å²) in [6.45, 7) is 4.81. The van der Waals surface area contributed by atoms with Gasteiger partial charge >= 0.3 is 11.9 Å². The molecule has 0 spiro atoms. The number of carbonyl (C=O) groups excluding carboxylic acids is 2. The minimum absolute atomic E-state index is 0.276. The molecule has 0 aliphatic heterocycles. The maximum absolute atomic E-state index is 12.1. The molecule has 0 aromatic rings. The molecule has 0 fully saturated rings. The SMILES string of the molecule is CCC(C)C(NC(=O)C(N)CC(=O)O)C(=O)NC(C)C(=O)O. The van der Waals surface area contributed by atoms with Crippen molar-refractivity contribution in [1.29, 1.82) is 0 Å². The van der Waals surface area contributed by atoms with Crippen LogP contribution in [-0.4, -0.2) is 52.1 Å². The number of carboxylic acids is 2. The molecule has 22 heavy (non-hydrogen) atoms. The van der Waals surface area contributed by atoms with E-state index < -0.39 is 48.3 Å². The van der Waals surface area contributed by atoms with E-state index in [1.165, 1.54) is 6.92 Å². The van der Waals surface area contributed by atoms with E-state index in [1.54, 1.807) is 13.8 Å². The Bertz CT molecular complexity index is 439. The van der Waals surface area contributed by atoms with Gasteiger partial charge in [0.05, 0.1) is 12.5 Å². The van der Waals surface area contributed by atoms with Crippen molar-refractivity contribution in [2.75, 3.05) is 0 Å². The zero-order valence-electron chi connectivity index (χ0n) is 12.8. The molecular formula is C13H23N3O6. The standard InChI is InChI=1S/C13H23N3O6/c1-4-6(2)10(12(20)15-7(3)13(21)22)16-11(19)8(14)5-9(17)18/h6-8,10H,4-5,14H2,1-3H3,(H,15,20)(H,16,19)(H,17,18)(H,21,22). The van der Waals surface area contributed by atoms with Gasteiger partial charge in [0, 0.05) is 0 Å². The summed E-state index contributed by atoms with van der Waals surface area (Å²) in [5, 5.41) is 22.1. The Labute approximate surface area is 128 Å². The molecule has 0 rings (SSSR count). The lowest BCUT2D eigenvalue weighted by molar-refractivity contribution is -0.142. The van der Waals surface area contributed by atoms with Crippen LogP contribution in [0.5, 0.6) is 0 Å². The maximum Gasteiger partial charge on any atom is 0.325 e.